The van der Waals surface area contributed by atoms with Crippen LogP contribution >= 0.6 is 0 Å². The summed E-state index contributed by atoms with van der Waals surface area (Å²) in [7, 11) is 0. The van der Waals surface area contributed by atoms with Crippen molar-refractivity contribution in [2.75, 3.05) is 16.8 Å². The van der Waals surface area contributed by atoms with Crippen molar-refractivity contribution in [2.45, 2.75) is 12.8 Å². The van der Waals surface area contributed by atoms with Gasteiger partial charge in [-0.05, 0) is 48.7 Å². The van der Waals surface area contributed by atoms with Crippen LogP contribution in [0.2, 0.25) is 0 Å². The number of rotatable bonds is 3. The molecule has 5 nitrogen and oxygen atoms in total. The Balaban J connectivity index is 1.58. The number of pyridine rings is 1. The number of hydrogen-bond acceptors (Lipinski definition) is 3. The molecule has 28 heavy (non-hydrogen) atoms. The first-order chi connectivity index (χ1) is 13.6. The summed E-state index contributed by atoms with van der Waals surface area (Å²) in [4.78, 5) is 31.4. The summed E-state index contributed by atoms with van der Waals surface area (Å²) in [5, 5.41) is 2.49. The number of aromatic nitrogens is 1. The first-order valence-corrected chi connectivity index (χ1v) is 9.06. The first kappa shape index (κ1) is 17.9. The standard InChI is InChI=1S/C22H18FN3O2/c23-16-9-2-3-10-17(16)25-21(27)18-11-5-12-19(24-18)22(28)26-14-6-8-15-7-1-4-13-20(15)26/h1-5,7,9-13H,6,8,14H2,(H,25,27). The van der Waals surface area contributed by atoms with Crippen LogP contribution in [0.15, 0.2) is 66.7 Å². The van der Waals surface area contributed by atoms with Gasteiger partial charge < -0.3 is 10.2 Å². The molecule has 0 saturated heterocycles. The second kappa shape index (κ2) is 7.60. The second-order valence-electron chi connectivity index (χ2n) is 6.53. The van der Waals surface area contributed by atoms with E-state index >= 15 is 0 Å². The molecule has 1 aromatic heterocycles. The third-order valence-corrected chi connectivity index (χ3v) is 4.68. The van der Waals surface area contributed by atoms with Gasteiger partial charge in [-0.3, -0.25) is 9.59 Å². The molecule has 0 fully saturated rings. The van der Waals surface area contributed by atoms with Gasteiger partial charge in [0.15, 0.2) is 0 Å². The largest absolute Gasteiger partial charge is 0.318 e. The van der Waals surface area contributed by atoms with Crippen molar-refractivity contribution in [1.82, 2.24) is 4.98 Å². The summed E-state index contributed by atoms with van der Waals surface area (Å²) in [5.41, 5.74) is 2.30. The number of carbonyl (C=O) groups is 2. The van der Waals surface area contributed by atoms with E-state index < -0.39 is 11.7 Å². The molecule has 1 aliphatic heterocycles. The van der Waals surface area contributed by atoms with Crippen molar-refractivity contribution >= 4 is 23.2 Å². The lowest BCUT2D eigenvalue weighted by Crippen LogP contribution is -2.36. The first-order valence-electron chi connectivity index (χ1n) is 9.06. The number of para-hydroxylation sites is 2. The Morgan fingerprint density at radius 2 is 1.68 bits per heavy atom. The summed E-state index contributed by atoms with van der Waals surface area (Å²) in [6, 6.07) is 18.4. The van der Waals surface area contributed by atoms with Crippen molar-refractivity contribution < 1.29 is 14.0 Å². The van der Waals surface area contributed by atoms with E-state index in [-0.39, 0.29) is 23.0 Å². The zero-order valence-corrected chi connectivity index (χ0v) is 15.1. The summed E-state index contributed by atoms with van der Waals surface area (Å²) in [6.07, 6.45) is 1.80. The zero-order valence-electron chi connectivity index (χ0n) is 15.1. The van der Waals surface area contributed by atoms with Crippen molar-refractivity contribution in [3.8, 4) is 0 Å². The van der Waals surface area contributed by atoms with Gasteiger partial charge in [-0.25, -0.2) is 9.37 Å². The molecule has 0 saturated carbocycles. The molecule has 0 radical (unpaired) electrons. The topological polar surface area (TPSA) is 62.3 Å². The van der Waals surface area contributed by atoms with Crippen LogP contribution in [0.4, 0.5) is 15.8 Å². The van der Waals surface area contributed by atoms with E-state index in [1.54, 1.807) is 29.2 Å². The molecule has 2 amide bonds. The molecular formula is C22H18FN3O2. The van der Waals surface area contributed by atoms with E-state index in [9.17, 15) is 14.0 Å². The van der Waals surface area contributed by atoms with Crippen LogP contribution in [-0.2, 0) is 6.42 Å². The van der Waals surface area contributed by atoms with Gasteiger partial charge >= 0.3 is 0 Å². The maximum atomic E-state index is 13.8. The summed E-state index contributed by atoms with van der Waals surface area (Å²) >= 11 is 0. The van der Waals surface area contributed by atoms with Gasteiger partial charge in [0.05, 0.1) is 5.69 Å². The van der Waals surface area contributed by atoms with E-state index in [0.717, 1.165) is 24.1 Å². The van der Waals surface area contributed by atoms with Crippen molar-refractivity contribution in [2.24, 2.45) is 0 Å². The highest BCUT2D eigenvalue weighted by Gasteiger charge is 2.24. The van der Waals surface area contributed by atoms with Gasteiger partial charge in [0.1, 0.15) is 17.2 Å². The highest BCUT2D eigenvalue weighted by molar-refractivity contribution is 6.07. The van der Waals surface area contributed by atoms with Crippen LogP contribution in [0.25, 0.3) is 0 Å². The number of hydrogen-bond donors (Lipinski definition) is 1. The normalized spacial score (nSPS) is 13.0. The summed E-state index contributed by atoms with van der Waals surface area (Å²) in [5.74, 6) is -1.36. The number of amides is 2. The highest BCUT2D eigenvalue weighted by Crippen LogP contribution is 2.27. The van der Waals surface area contributed by atoms with Gasteiger partial charge in [-0.15, -0.1) is 0 Å². The number of nitrogens with one attached hydrogen (secondary N) is 1. The molecule has 2 aromatic carbocycles. The molecule has 0 atom stereocenters. The minimum absolute atomic E-state index is 0.0550. The molecule has 0 unspecified atom stereocenters. The fourth-order valence-electron chi connectivity index (χ4n) is 3.31. The summed E-state index contributed by atoms with van der Waals surface area (Å²) in [6.45, 7) is 0.600. The monoisotopic (exact) mass is 375 g/mol. The van der Waals surface area contributed by atoms with E-state index in [2.05, 4.69) is 10.3 Å². The van der Waals surface area contributed by atoms with Crippen molar-refractivity contribution in [1.29, 1.82) is 0 Å². The fraction of sp³-hybridized carbons (Fsp3) is 0.136. The average molecular weight is 375 g/mol. The lowest BCUT2D eigenvalue weighted by atomic mass is 10.0. The Hall–Kier alpha value is -3.54. The SMILES string of the molecule is O=C(Nc1ccccc1F)c1cccc(C(=O)N2CCCc3ccccc32)n1. The number of carbonyl (C=O) groups excluding carboxylic acids is 2. The molecule has 1 N–H and O–H groups in total. The van der Waals surface area contributed by atoms with Crippen molar-refractivity contribution in [3.05, 3.63) is 89.5 Å². The van der Waals surface area contributed by atoms with Crippen LogP contribution in [0.5, 0.6) is 0 Å². The molecule has 6 heteroatoms. The van der Waals surface area contributed by atoms with Crippen LogP contribution in [0.3, 0.4) is 0 Å². The van der Waals surface area contributed by atoms with E-state index in [0.29, 0.717) is 6.54 Å². The van der Waals surface area contributed by atoms with Crippen LogP contribution in [-0.4, -0.2) is 23.3 Å². The number of anilines is 2. The minimum atomic E-state index is -0.571. The molecule has 4 rings (SSSR count). The van der Waals surface area contributed by atoms with Crippen LogP contribution in [0, 0.1) is 5.82 Å². The lowest BCUT2D eigenvalue weighted by molar-refractivity contribution is 0.0980. The van der Waals surface area contributed by atoms with Crippen molar-refractivity contribution in [3.63, 3.8) is 0 Å². The fourth-order valence-corrected chi connectivity index (χ4v) is 3.31. The number of nitrogens with zero attached hydrogens (tertiary/aromatic N) is 2. The Morgan fingerprint density at radius 1 is 0.929 bits per heavy atom. The molecule has 1 aliphatic rings. The Labute approximate surface area is 161 Å². The predicted molar refractivity (Wildman–Crippen MR) is 105 cm³/mol. The number of benzene rings is 2. The zero-order chi connectivity index (χ0) is 19.5. The third kappa shape index (κ3) is 3.49. The van der Waals surface area contributed by atoms with Crippen LogP contribution in [0.1, 0.15) is 33.0 Å². The molecule has 140 valence electrons. The number of halogens is 1. The molecule has 0 bridgehead atoms. The molecule has 0 aliphatic carbocycles. The quantitative estimate of drug-likeness (QED) is 0.751. The highest BCUT2D eigenvalue weighted by atomic mass is 19.1. The summed E-state index contributed by atoms with van der Waals surface area (Å²) < 4.78 is 13.8. The maximum Gasteiger partial charge on any atom is 0.276 e. The maximum absolute atomic E-state index is 13.8. The Bertz CT molecular complexity index is 1050. The smallest absolute Gasteiger partial charge is 0.276 e. The van der Waals surface area contributed by atoms with Gasteiger partial charge in [-0.2, -0.15) is 0 Å². The minimum Gasteiger partial charge on any atom is -0.318 e. The van der Waals surface area contributed by atoms with Gasteiger partial charge in [-0.1, -0.05) is 36.4 Å². The van der Waals surface area contributed by atoms with E-state index in [1.165, 1.54) is 18.2 Å². The molecule has 0 spiro atoms. The average Bonchev–Trinajstić information content (AvgIpc) is 2.74. The Kier molecular flexibility index (Phi) is 4.85. The second-order valence-corrected chi connectivity index (χ2v) is 6.53. The predicted octanol–water partition coefficient (Wildman–Crippen LogP) is 4.07. The van der Waals surface area contributed by atoms with E-state index in [1.807, 2.05) is 24.3 Å². The van der Waals surface area contributed by atoms with Crippen LogP contribution < -0.4 is 10.2 Å². The molecule has 3 aromatic rings. The Morgan fingerprint density at radius 3 is 2.54 bits per heavy atom. The molecular weight excluding hydrogens is 357 g/mol. The third-order valence-electron chi connectivity index (χ3n) is 4.68. The number of fused-ring (bicyclic) bond motifs is 1. The molecule has 2 heterocycles. The van der Waals surface area contributed by atoms with Gasteiger partial charge in [0.2, 0.25) is 0 Å². The van der Waals surface area contributed by atoms with E-state index in [4.69, 9.17) is 0 Å². The van der Waals surface area contributed by atoms with Gasteiger partial charge in [0, 0.05) is 12.2 Å². The van der Waals surface area contributed by atoms with Gasteiger partial charge in [0.25, 0.3) is 11.8 Å². The number of aryl methyl sites for hydroxylation is 1. The lowest BCUT2D eigenvalue weighted by Gasteiger charge is -2.29.